The SMILES string of the molecule is COc1cccc(CNC(=O)Cc2ccc(NC(=O)c3cc4ccccc4o3)cc2)c1OC. The topological polar surface area (TPSA) is 89.8 Å². The van der Waals surface area contributed by atoms with E-state index in [1.165, 1.54) is 0 Å². The Morgan fingerprint density at radius 3 is 2.42 bits per heavy atom. The van der Waals surface area contributed by atoms with Crippen LogP contribution in [0.3, 0.4) is 0 Å². The molecule has 3 aromatic carbocycles. The summed E-state index contributed by atoms with van der Waals surface area (Å²) in [6.07, 6.45) is 0.212. The van der Waals surface area contributed by atoms with Crippen molar-refractivity contribution < 1.29 is 23.5 Å². The minimum Gasteiger partial charge on any atom is -0.493 e. The molecule has 1 aromatic heterocycles. The Bertz CT molecular complexity index is 1240. The molecule has 0 aliphatic heterocycles. The van der Waals surface area contributed by atoms with Crippen molar-refractivity contribution in [3.63, 3.8) is 0 Å². The summed E-state index contributed by atoms with van der Waals surface area (Å²) in [6, 6.07) is 21.8. The molecule has 168 valence electrons. The standard InChI is InChI=1S/C26H24N2O5/c1-31-22-9-5-7-19(25(22)32-2)16-27-24(29)14-17-10-12-20(13-11-17)28-26(30)23-15-18-6-3-4-8-21(18)33-23/h3-13,15H,14,16H2,1-2H3,(H,27,29)(H,28,30). The molecule has 0 spiro atoms. The molecule has 2 N–H and O–H groups in total. The van der Waals surface area contributed by atoms with Crippen LogP contribution in [0.1, 0.15) is 21.7 Å². The van der Waals surface area contributed by atoms with Crippen LogP contribution in [-0.4, -0.2) is 26.0 Å². The normalized spacial score (nSPS) is 10.6. The third-order valence-electron chi connectivity index (χ3n) is 5.19. The van der Waals surface area contributed by atoms with Gasteiger partial charge in [-0.05, 0) is 35.9 Å². The number of benzene rings is 3. The van der Waals surface area contributed by atoms with Crippen LogP contribution in [0.15, 0.2) is 77.2 Å². The van der Waals surface area contributed by atoms with Gasteiger partial charge in [0.15, 0.2) is 17.3 Å². The van der Waals surface area contributed by atoms with E-state index in [1.807, 2.05) is 36.4 Å². The summed E-state index contributed by atoms with van der Waals surface area (Å²) in [5, 5.41) is 6.58. The molecule has 1 heterocycles. The summed E-state index contributed by atoms with van der Waals surface area (Å²) >= 11 is 0. The quantitative estimate of drug-likeness (QED) is 0.416. The largest absolute Gasteiger partial charge is 0.493 e. The zero-order chi connectivity index (χ0) is 23.2. The van der Waals surface area contributed by atoms with E-state index in [1.54, 1.807) is 50.6 Å². The van der Waals surface area contributed by atoms with Crippen molar-refractivity contribution in [2.75, 3.05) is 19.5 Å². The Morgan fingerprint density at radius 1 is 0.909 bits per heavy atom. The Kier molecular flexibility index (Phi) is 6.59. The van der Waals surface area contributed by atoms with Crippen LogP contribution < -0.4 is 20.1 Å². The lowest BCUT2D eigenvalue weighted by atomic mass is 10.1. The van der Waals surface area contributed by atoms with Crippen molar-refractivity contribution in [3.8, 4) is 11.5 Å². The lowest BCUT2D eigenvalue weighted by Gasteiger charge is -2.13. The zero-order valence-electron chi connectivity index (χ0n) is 18.4. The third kappa shape index (κ3) is 5.15. The second-order valence-electron chi connectivity index (χ2n) is 7.41. The summed E-state index contributed by atoms with van der Waals surface area (Å²) in [6.45, 7) is 0.324. The van der Waals surface area contributed by atoms with Gasteiger partial charge in [-0.25, -0.2) is 0 Å². The molecule has 0 aliphatic carbocycles. The number of methoxy groups -OCH3 is 2. The van der Waals surface area contributed by atoms with Crippen molar-refractivity contribution >= 4 is 28.5 Å². The van der Waals surface area contributed by atoms with Gasteiger partial charge in [-0.2, -0.15) is 0 Å². The van der Waals surface area contributed by atoms with Crippen LogP contribution in [0.25, 0.3) is 11.0 Å². The number of para-hydroxylation sites is 2. The molecule has 0 aliphatic rings. The van der Waals surface area contributed by atoms with E-state index in [4.69, 9.17) is 13.9 Å². The molecular weight excluding hydrogens is 420 g/mol. The first-order chi connectivity index (χ1) is 16.1. The number of furan rings is 1. The molecule has 0 bridgehead atoms. The molecule has 0 atom stereocenters. The van der Waals surface area contributed by atoms with Crippen LogP contribution >= 0.6 is 0 Å². The van der Waals surface area contributed by atoms with Crippen molar-refractivity contribution in [2.24, 2.45) is 0 Å². The van der Waals surface area contributed by atoms with Crippen LogP contribution in [0.2, 0.25) is 0 Å². The van der Waals surface area contributed by atoms with Crippen molar-refractivity contribution in [3.05, 3.63) is 89.7 Å². The number of fused-ring (bicyclic) bond motifs is 1. The monoisotopic (exact) mass is 444 g/mol. The second-order valence-corrected chi connectivity index (χ2v) is 7.41. The van der Waals surface area contributed by atoms with Gasteiger partial charge in [0.1, 0.15) is 5.58 Å². The Hall–Kier alpha value is -4.26. The maximum Gasteiger partial charge on any atom is 0.291 e. The number of nitrogens with one attached hydrogen (secondary N) is 2. The van der Waals surface area contributed by atoms with Crippen LogP contribution in [0.4, 0.5) is 5.69 Å². The summed E-state index contributed by atoms with van der Waals surface area (Å²) in [5.41, 5.74) is 2.93. The van der Waals surface area contributed by atoms with E-state index >= 15 is 0 Å². The highest BCUT2D eigenvalue weighted by Gasteiger charge is 2.13. The van der Waals surface area contributed by atoms with E-state index in [0.29, 0.717) is 29.3 Å². The first-order valence-electron chi connectivity index (χ1n) is 10.4. The molecule has 0 radical (unpaired) electrons. The van der Waals surface area contributed by atoms with Gasteiger partial charge in [-0.1, -0.05) is 42.5 Å². The highest BCUT2D eigenvalue weighted by Crippen LogP contribution is 2.30. The first-order valence-corrected chi connectivity index (χ1v) is 10.4. The third-order valence-corrected chi connectivity index (χ3v) is 5.19. The molecule has 0 fully saturated rings. The summed E-state index contributed by atoms with van der Waals surface area (Å²) in [5.74, 6) is 1.00. The van der Waals surface area contributed by atoms with E-state index in [9.17, 15) is 9.59 Å². The Labute approximate surface area is 191 Å². The van der Waals surface area contributed by atoms with Crippen LogP contribution in [-0.2, 0) is 17.8 Å². The second kappa shape index (κ2) is 9.91. The van der Waals surface area contributed by atoms with Gasteiger partial charge in [0.25, 0.3) is 5.91 Å². The van der Waals surface area contributed by atoms with Gasteiger partial charge >= 0.3 is 0 Å². The number of hydrogen-bond donors (Lipinski definition) is 2. The highest BCUT2D eigenvalue weighted by molar-refractivity contribution is 6.04. The van der Waals surface area contributed by atoms with Gasteiger partial charge in [0, 0.05) is 23.2 Å². The van der Waals surface area contributed by atoms with Crippen LogP contribution in [0.5, 0.6) is 11.5 Å². The fourth-order valence-electron chi connectivity index (χ4n) is 3.53. The smallest absolute Gasteiger partial charge is 0.291 e. The highest BCUT2D eigenvalue weighted by atomic mass is 16.5. The summed E-state index contributed by atoms with van der Waals surface area (Å²) in [4.78, 5) is 24.9. The van der Waals surface area contributed by atoms with Gasteiger partial charge in [0.05, 0.1) is 20.6 Å². The number of carbonyl (C=O) groups is 2. The Morgan fingerprint density at radius 2 is 1.70 bits per heavy atom. The average molecular weight is 444 g/mol. The molecular formula is C26H24N2O5. The maximum absolute atomic E-state index is 12.5. The van der Waals surface area contributed by atoms with Crippen molar-refractivity contribution in [1.29, 1.82) is 0 Å². The number of ether oxygens (including phenoxy) is 2. The molecule has 0 unspecified atom stereocenters. The Balaban J connectivity index is 1.33. The van der Waals surface area contributed by atoms with E-state index in [2.05, 4.69) is 10.6 Å². The molecule has 4 rings (SSSR count). The van der Waals surface area contributed by atoms with Crippen molar-refractivity contribution in [1.82, 2.24) is 5.32 Å². The van der Waals surface area contributed by atoms with E-state index in [0.717, 1.165) is 16.5 Å². The van der Waals surface area contributed by atoms with E-state index in [-0.39, 0.29) is 24.0 Å². The molecule has 7 nitrogen and oxygen atoms in total. The zero-order valence-corrected chi connectivity index (χ0v) is 18.4. The summed E-state index contributed by atoms with van der Waals surface area (Å²) in [7, 11) is 3.14. The molecule has 7 heteroatoms. The molecule has 0 saturated heterocycles. The minimum atomic E-state index is -0.330. The number of amides is 2. The van der Waals surface area contributed by atoms with Gasteiger partial charge in [-0.3, -0.25) is 9.59 Å². The number of anilines is 1. The molecule has 2 amide bonds. The lowest BCUT2D eigenvalue weighted by molar-refractivity contribution is -0.120. The predicted molar refractivity (Wildman–Crippen MR) is 126 cm³/mol. The maximum atomic E-state index is 12.5. The molecule has 33 heavy (non-hydrogen) atoms. The van der Waals surface area contributed by atoms with Gasteiger partial charge in [-0.15, -0.1) is 0 Å². The fourth-order valence-corrected chi connectivity index (χ4v) is 3.53. The predicted octanol–water partition coefficient (Wildman–Crippen LogP) is 4.56. The van der Waals surface area contributed by atoms with E-state index < -0.39 is 0 Å². The number of rotatable bonds is 8. The molecule has 0 saturated carbocycles. The van der Waals surface area contributed by atoms with Crippen LogP contribution in [0, 0.1) is 0 Å². The lowest BCUT2D eigenvalue weighted by Crippen LogP contribution is -2.24. The minimum absolute atomic E-state index is 0.126. The number of hydrogen-bond acceptors (Lipinski definition) is 5. The fraction of sp³-hybridized carbons (Fsp3) is 0.154. The van der Waals surface area contributed by atoms with Crippen molar-refractivity contribution in [2.45, 2.75) is 13.0 Å². The molecule has 4 aromatic rings. The number of carbonyl (C=O) groups excluding carboxylic acids is 2. The van der Waals surface area contributed by atoms with Gasteiger partial charge < -0.3 is 24.5 Å². The first kappa shape index (κ1) is 22.0. The van der Waals surface area contributed by atoms with Gasteiger partial charge in [0.2, 0.25) is 5.91 Å². The summed E-state index contributed by atoms with van der Waals surface area (Å²) < 4.78 is 16.3. The average Bonchev–Trinajstić information content (AvgIpc) is 3.28.